The highest BCUT2D eigenvalue weighted by molar-refractivity contribution is 5.96. The second-order valence-electron chi connectivity index (χ2n) is 10.5. The highest BCUT2D eigenvalue weighted by Gasteiger charge is 2.22. The van der Waals surface area contributed by atoms with E-state index in [2.05, 4.69) is 46.8 Å². The van der Waals surface area contributed by atoms with Crippen LogP contribution in [0.1, 0.15) is 56.0 Å². The lowest BCUT2D eigenvalue weighted by atomic mass is 9.85. The molecule has 0 spiro atoms. The molecular weight excluding hydrogens is 442 g/mol. The molecule has 186 valence electrons. The average molecular weight is 478 g/mol. The van der Waals surface area contributed by atoms with Crippen molar-refractivity contribution >= 4 is 22.9 Å². The van der Waals surface area contributed by atoms with Crippen molar-refractivity contribution in [1.29, 1.82) is 5.41 Å². The Labute approximate surface area is 205 Å². The lowest BCUT2D eigenvalue weighted by Crippen LogP contribution is -2.43. The molecule has 0 radical (unpaired) electrons. The molecule has 0 atom stereocenters. The van der Waals surface area contributed by atoms with Gasteiger partial charge in [-0.2, -0.15) is 0 Å². The van der Waals surface area contributed by atoms with Crippen molar-refractivity contribution in [3.63, 3.8) is 0 Å². The minimum absolute atomic E-state index is 0.0316. The summed E-state index contributed by atoms with van der Waals surface area (Å²) in [5.74, 6) is 0.824. The number of nitrogens with zero attached hydrogens (tertiary/aromatic N) is 6. The first-order chi connectivity index (χ1) is 16.8. The smallest absolute Gasteiger partial charge is 0.205 e. The Balaban J connectivity index is 1.44. The number of rotatable bonds is 5. The van der Waals surface area contributed by atoms with E-state index in [1.165, 1.54) is 10.9 Å². The van der Waals surface area contributed by atoms with Crippen molar-refractivity contribution < 1.29 is 14.2 Å². The number of carbonyl (C=O) groups is 1. The second kappa shape index (κ2) is 9.45. The molecule has 0 aliphatic carbocycles. The molecule has 35 heavy (non-hydrogen) atoms. The number of Topliss-reactive ketones (excluding diaryl/α,β-unsaturated/α-hetero) is 1. The zero-order valence-electron chi connectivity index (χ0n) is 21.0. The molecular formula is C26H35N7O2. The maximum absolute atomic E-state index is 13.5. The zero-order chi connectivity index (χ0) is 24.6. The molecule has 0 amide bonds. The summed E-state index contributed by atoms with van der Waals surface area (Å²) in [7, 11) is 0. The molecule has 0 unspecified atom stereocenters. The summed E-state index contributed by atoms with van der Waals surface area (Å²) in [6, 6.07) is 10.1. The number of nitrogens with one attached hydrogen (secondary N) is 1. The molecule has 0 bridgehead atoms. The highest BCUT2D eigenvalue weighted by Crippen LogP contribution is 2.29. The third kappa shape index (κ3) is 4.96. The average Bonchev–Trinajstić information content (AvgIpc) is 3.18. The van der Waals surface area contributed by atoms with Crippen LogP contribution in [0.4, 0.5) is 11.5 Å². The molecule has 1 N–H and O–H groups in total. The van der Waals surface area contributed by atoms with Crippen LogP contribution in [0.2, 0.25) is 0 Å². The van der Waals surface area contributed by atoms with Gasteiger partial charge in [0.15, 0.2) is 12.2 Å². The van der Waals surface area contributed by atoms with Gasteiger partial charge in [-0.25, -0.2) is 14.9 Å². The molecule has 3 aromatic rings. The number of carbonyl (C=O) groups excluding carboxylic acids is 1. The van der Waals surface area contributed by atoms with Crippen molar-refractivity contribution in [3.05, 3.63) is 47.1 Å². The molecule has 2 aliphatic heterocycles. The Hall–Kier alpha value is -3.20. The first kappa shape index (κ1) is 23.5. The Morgan fingerprint density at radius 3 is 2.51 bits per heavy atom. The highest BCUT2D eigenvalue weighted by atomic mass is 16.5. The summed E-state index contributed by atoms with van der Waals surface area (Å²) in [6.07, 6.45) is 3.57. The van der Waals surface area contributed by atoms with Gasteiger partial charge >= 0.3 is 0 Å². The molecule has 0 saturated carbocycles. The van der Waals surface area contributed by atoms with Crippen LogP contribution in [0.15, 0.2) is 30.3 Å². The molecule has 1 aromatic carbocycles. The molecule has 4 heterocycles. The van der Waals surface area contributed by atoms with E-state index >= 15 is 0 Å². The fourth-order valence-electron chi connectivity index (χ4n) is 4.81. The number of aromatic nitrogens is 4. The van der Waals surface area contributed by atoms with E-state index in [4.69, 9.17) is 10.1 Å². The Morgan fingerprint density at radius 1 is 1.06 bits per heavy atom. The Kier molecular flexibility index (Phi) is 6.35. The predicted octanol–water partition coefficient (Wildman–Crippen LogP) is 2.07. The van der Waals surface area contributed by atoms with Crippen LogP contribution in [0.3, 0.4) is 0 Å². The fourth-order valence-corrected chi connectivity index (χ4v) is 4.81. The third-order valence-corrected chi connectivity index (χ3v) is 6.94. The van der Waals surface area contributed by atoms with E-state index in [0.29, 0.717) is 24.4 Å². The maximum atomic E-state index is 13.5. The molecule has 2 aliphatic rings. The molecule has 9 heteroatoms. The minimum Gasteiger partial charge on any atom is -0.407 e. The van der Waals surface area contributed by atoms with E-state index in [-0.39, 0.29) is 23.4 Å². The number of morpholine rings is 1. The molecule has 5 rings (SSSR count). The number of hydrogen-bond donors (Lipinski definition) is 1. The molecule has 2 saturated heterocycles. The van der Waals surface area contributed by atoms with Crippen LogP contribution < -0.4 is 25.2 Å². The second-order valence-corrected chi connectivity index (χ2v) is 10.5. The van der Waals surface area contributed by atoms with Gasteiger partial charge in [0.1, 0.15) is 5.82 Å². The standard InChI is InChI=1S/C26H35N7O2/c1-26(2,3)20-15-19(16-21(17-20)30-11-13-35-14-12-30)22(34)18-32-24-8-7-23(28-33(24)25(27)29-32)31-9-5-4-6-10-31/h7-8,15-17,27H,4-6,9-14,18H2,1-3H3. The van der Waals surface area contributed by atoms with E-state index in [1.807, 2.05) is 24.3 Å². The van der Waals surface area contributed by atoms with Gasteiger partial charge in [0.25, 0.3) is 0 Å². The molecule has 9 nitrogen and oxygen atoms in total. The van der Waals surface area contributed by atoms with Gasteiger partial charge in [0, 0.05) is 37.4 Å². The van der Waals surface area contributed by atoms with Crippen molar-refractivity contribution in [2.24, 2.45) is 0 Å². The number of fused-ring (bicyclic) bond motifs is 1. The summed E-state index contributed by atoms with van der Waals surface area (Å²) in [5, 5.41) is 17.4. The quantitative estimate of drug-likeness (QED) is 0.447. The van der Waals surface area contributed by atoms with Gasteiger partial charge in [-0.3, -0.25) is 9.31 Å². The van der Waals surface area contributed by atoms with Gasteiger partial charge in [0.2, 0.25) is 5.78 Å². The molecule has 2 aromatic heterocycles. The zero-order valence-corrected chi connectivity index (χ0v) is 21.0. The molecule has 2 fully saturated rings. The topological polar surface area (TPSA) is 91.9 Å². The van der Waals surface area contributed by atoms with Gasteiger partial charge in [-0.1, -0.05) is 20.8 Å². The van der Waals surface area contributed by atoms with E-state index in [0.717, 1.165) is 56.1 Å². The summed E-state index contributed by atoms with van der Waals surface area (Å²) in [5.41, 5.74) is 3.43. The summed E-state index contributed by atoms with van der Waals surface area (Å²) >= 11 is 0. The van der Waals surface area contributed by atoms with Crippen molar-refractivity contribution in [2.45, 2.75) is 52.0 Å². The largest absolute Gasteiger partial charge is 0.407 e. The van der Waals surface area contributed by atoms with Gasteiger partial charge < -0.3 is 19.9 Å². The number of hydrogen-bond acceptors (Lipinski definition) is 6. The number of anilines is 2. The predicted molar refractivity (Wildman–Crippen MR) is 133 cm³/mol. The van der Waals surface area contributed by atoms with E-state index in [1.54, 1.807) is 4.68 Å². The maximum Gasteiger partial charge on any atom is 0.205 e. The summed E-state index contributed by atoms with van der Waals surface area (Å²) in [4.78, 5) is 18.0. The van der Waals surface area contributed by atoms with Crippen LogP contribution in [-0.4, -0.2) is 54.8 Å². The van der Waals surface area contributed by atoms with Crippen LogP contribution in [0.5, 0.6) is 0 Å². The Bertz CT molecular complexity index is 1280. The van der Waals surface area contributed by atoms with E-state index in [9.17, 15) is 4.79 Å². The number of piperidine rings is 1. The van der Waals surface area contributed by atoms with Crippen molar-refractivity contribution in [1.82, 2.24) is 14.7 Å². The lowest BCUT2D eigenvalue weighted by molar-refractivity contribution is -0.721. The summed E-state index contributed by atoms with van der Waals surface area (Å²) < 4.78 is 8.64. The van der Waals surface area contributed by atoms with Crippen LogP contribution >= 0.6 is 0 Å². The minimum atomic E-state index is -0.0886. The Morgan fingerprint density at radius 2 is 1.80 bits per heavy atom. The van der Waals surface area contributed by atoms with E-state index < -0.39 is 0 Å². The van der Waals surface area contributed by atoms with Gasteiger partial charge in [0.05, 0.1) is 18.8 Å². The normalized spacial score (nSPS) is 17.2. The number of ether oxygens (including phenoxy) is 1. The summed E-state index contributed by atoms with van der Waals surface area (Å²) in [6.45, 7) is 11.5. The first-order valence-corrected chi connectivity index (χ1v) is 12.6. The third-order valence-electron chi connectivity index (χ3n) is 6.94. The first-order valence-electron chi connectivity index (χ1n) is 12.6. The van der Waals surface area contributed by atoms with Gasteiger partial charge in [-0.05, 0) is 60.6 Å². The fraction of sp³-hybridized carbons (Fsp3) is 0.538. The number of benzene rings is 1. The lowest BCUT2D eigenvalue weighted by Gasteiger charge is -2.31. The van der Waals surface area contributed by atoms with Crippen molar-refractivity contribution in [2.75, 3.05) is 49.2 Å². The van der Waals surface area contributed by atoms with Crippen molar-refractivity contribution in [3.8, 4) is 0 Å². The number of ketones is 1. The van der Waals surface area contributed by atoms with Crippen LogP contribution in [0.25, 0.3) is 5.65 Å². The SMILES string of the molecule is CC(C)(C)c1cc(C(=O)C[n+]2[n-]c(=N)n3nc(N4CCCCC4)ccc32)cc(N2CCOCC2)c1. The monoisotopic (exact) mass is 477 g/mol. The van der Waals surface area contributed by atoms with Crippen LogP contribution in [-0.2, 0) is 16.7 Å². The van der Waals surface area contributed by atoms with Crippen LogP contribution in [0, 0.1) is 5.41 Å². The van der Waals surface area contributed by atoms with Gasteiger partial charge in [-0.15, -0.1) is 0 Å².